The van der Waals surface area contributed by atoms with E-state index in [4.69, 9.17) is 14.2 Å². The van der Waals surface area contributed by atoms with E-state index < -0.39 is 35.9 Å². The summed E-state index contributed by atoms with van der Waals surface area (Å²) < 4.78 is 16.9. The number of carbonyl (C=O) groups excluding carboxylic acids is 2. The van der Waals surface area contributed by atoms with E-state index in [0.717, 1.165) is 12.0 Å². The van der Waals surface area contributed by atoms with Crippen LogP contribution in [-0.4, -0.2) is 69.5 Å². The monoisotopic (exact) mass is 534 g/mol. The lowest BCUT2D eigenvalue weighted by Gasteiger charge is -2.29. The maximum Gasteiger partial charge on any atom is 0.309 e. The van der Waals surface area contributed by atoms with Crippen LogP contribution in [0.5, 0.6) is 0 Å². The number of rotatable bonds is 9. The van der Waals surface area contributed by atoms with Gasteiger partial charge in [-0.15, -0.1) is 0 Å². The Labute approximate surface area is 227 Å². The molecule has 0 amide bonds. The summed E-state index contributed by atoms with van der Waals surface area (Å²) in [6, 6.07) is 0. The Morgan fingerprint density at radius 3 is 2.58 bits per heavy atom. The predicted molar refractivity (Wildman–Crippen MR) is 145 cm³/mol. The fourth-order valence-electron chi connectivity index (χ4n) is 4.69. The van der Waals surface area contributed by atoms with Crippen LogP contribution in [0, 0.1) is 17.8 Å². The first-order valence-electron chi connectivity index (χ1n) is 13.6. The average molecular weight is 535 g/mol. The van der Waals surface area contributed by atoms with Crippen LogP contribution in [0.1, 0.15) is 67.7 Å². The standard InChI is InChI=1S/C30H46O8/c1-8-24(33)21(5)29-25(37-29)16-18(2)10-9-11-19(3)28-20(4)12-13-26(36-22(6)31)30(7,35)15-14-23(32)17-27(34)38-28/h9-15,18,20-21,23-26,28-29,32-33,35H,8,16-17H2,1-7H3. The lowest BCUT2D eigenvalue weighted by atomic mass is 9.92. The zero-order valence-electron chi connectivity index (χ0n) is 23.7. The minimum atomic E-state index is -1.58. The molecule has 0 spiro atoms. The highest BCUT2D eigenvalue weighted by Crippen LogP contribution is 2.36. The summed E-state index contributed by atoms with van der Waals surface area (Å²) in [5.41, 5.74) is -0.779. The van der Waals surface area contributed by atoms with Crippen LogP contribution in [0.3, 0.4) is 0 Å². The number of aliphatic hydroxyl groups is 3. The largest absolute Gasteiger partial charge is 0.457 e. The van der Waals surface area contributed by atoms with Crippen molar-refractivity contribution in [2.45, 2.75) is 110 Å². The highest BCUT2D eigenvalue weighted by Gasteiger charge is 2.44. The molecular formula is C30H46O8. The fourth-order valence-corrected chi connectivity index (χ4v) is 4.69. The summed E-state index contributed by atoms with van der Waals surface area (Å²) in [4.78, 5) is 24.2. The van der Waals surface area contributed by atoms with Crippen LogP contribution >= 0.6 is 0 Å². The molecule has 214 valence electrons. The number of allylic oxidation sites excluding steroid dienone is 3. The first-order chi connectivity index (χ1) is 17.7. The van der Waals surface area contributed by atoms with Crippen molar-refractivity contribution >= 4 is 11.9 Å². The van der Waals surface area contributed by atoms with Crippen molar-refractivity contribution < 1.29 is 39.1 Å². The van der Waals surface area contributed by atoms with Crippen molar-refractivity contribution in [2.24, 2.45) is 17.8 Å². The number of hydrogen-bond donors (Lipinski definition) is 3. The second kappa shape index (κ2) is 14.2. The van der Waals surface area contributed by atoms with Gasteiger partial charge >= 0.3 is 11.9 Å². The summed E-state index contributed by atoms with van der Waals surface area (Å²) in [6.45, 7) is 12.6. The van der Waals surface area contributed by atoms with E-state index >= 15 is 0 Å². The Morgan fingerprint density at radius 1 is 1.26 bits per heavy atom. The van der Waals surface area contributed by atoms with E-state index in [2.05, 4.69) is 13.0 Å². The molecule has 8 heteroatoms. The lowest BCUT2D eigenvalue weighted by molar-refractivity contribution is -0.152. The normalized spacial score (nSPS) is 35.1. The van der Waals surface area contributed by atoms with E-state index in [0.29, 0.717) is 6.42 Å². The van der Waals surface area contributed by atoms with Crippen LogP contribution < -0.4 is 0 Å². The quantitative estimate of drug-likeness (QED) is 0.177. The van der Waals surface area contributed by atoms with Crippen LogP contribution in [0.2, 0.25) is 0 Å². The molecule has 0 bridgehead atoms. The molecule has 0 aromatic rings. The maximum atomic E-state index is 12.6. The number of esters is 2. The summed E-state index contributed by atoms with van der Waals surface area (Å²) >= 11 is 0. The van der Waals surface area contributed by atoms with Crippen LogP contribution in [0.15, 0.2) is 48.1 Å². The molecule has 2 aliphatic heterocycles. The van der Waals surface area contributed by atoms with Gasteiger partial charge in [-0.1, -0.05) is 64.2 Å². The maximum absolute atomic E-state index is 12.6. The van der Waals surface area contributed by atoms with Gasteiger partial charge in [-0.3, -0.25) is 9.59 Å². The van der Waals surface area contributed by atoms with Gasteiger partial charge in [-0.25, -0.2) is 0 Å². The zero-order valence-corrected chi connectivity index (χ0v) is 23.7. The minimum Gasteiger partial charge on any atom is -0.457 e. The third-order valence-electron chi connectivity index (χ3n) is 7.24. The highest BCUT2D eigenvalue weighted by atomic mass is 16.6. The molecule has 10 unspecified atom stereocenters. The van der Waals surface area contributed by atoms with Gasteiger partial charge in [-0.2, -0.15) is 0 Å². The van der Waals surface area contributed by atoms with Gasteiger partial charge < -0.3 is 29.5 Å². The molecule has 0 saturated carbocycles. The van der Waals surface area contributed by atoms with Gasteiger partial charge in [0.25, 0.3) is 0 Å². The van der Waals surface area contributed by atoms with Crippen molar-refractivity contribution in [3.05, 3.63) is 48.1 Å². The molecule has 0 radical (unpaired) electrons. The van der Waals surface area contributed by atoms with Gasteiger partial charge in [-0.05, 0) is 44.3 Å². The Morgan fingerprint density at radius 2 is 1.95 bits per heavy atom. The van der Waals surface area contributed by atoms with E-state index in [1.165, 1.54) is 26.0 Å². The second-order valence-electron chi connectivity index (χ2n) is 11.0. The minimum absolute atomic E-state index is 0.100. The fraction of sp³-hybridized carbons (Fsp3) is 0.667. The Balaban J connectivity index is 2.13. The molecule has 8 nitrogen and oxygen atoms in total. The number of aliphatic hydroxyl groups excluding tert-OH is 2. The van der Waals surface area contributed by atoms with E-state index in [9.17, 15) is 24.9 Å². The van der Waals surface area contributed by atoms with Crippen molar-refractivity contribution in [2.75, 3.05) is 0 Å². The molecule has 3 N–H and O–H groups in total. The Bertz CT molecular complexity index is 917. The molecule has 0 aromatic heterocycles. The second-order valence-corrected chi connectivity index (χ2v) is 11.0. The lowest BCUT2D eigenvalue weighted by Crippen LogP contribution is -2.40. The van der Waals surface area contributed by atoms with Gasteiger partial charge in [0.05, 0.1) is 30.8 Å². The Hall–Kier alpha value is -2.26. The smallest absolute Gasteiger partial charge is 0.309 e. The predicted octanol–water partition coefficient (Wildman–Crippen LogP) is 3.80. The summed E-state index contributed by atoms with van der Waals surface area (Å²) in [5.74, 6) is -1.04. The van der Waals surface area contributed by atoms with Crippen LogP contribution in [-0.2, 0) is 23.8 Å². The van der Waals surface area contributed by atoms with Crippen LogP contribution in [0.4, 0.5) is 0 Å². The van der Waals surface area contributed by atoms with Crippen molar-refractivity contribution in [3.8, 4) is 0 Å². The number of epoxide rings is 1. The summed E-state index contributed by atoms with van der Waals surface area (Å²) in [6.07, 6.45) is 10.3. The van der Waals surface area contributed by atoms with E-state index in [1.807, 2.05) is 39.8 Å². The van der Waals surface area contributed by atoms with Gasteiger partial charge in [0.15, 0.2) is 6.10 Å². The number of hydrogen-bond acceptors (Lipinski definition) is 8. The first-order valence-corrected chi connectivity index (χ1v) is 13.6. The zero-order chi connectivity index (χ0) is 28.6. The molecule has 0 aliphatic carbocycles. The molecule has 1 fully saturated rings. The van der Waals surface area contributed by atoms with Gasteiger partial charge in [0.2, 0.25) is 0 Å². The molecule has 2 rings (SSSR count). The average Bonchev–Trinajstić information content (AvgIpc) is 3.60. The number of ether oxygens (including phenoxy) is 3. The third-order valence-corrected chi connectivity index (χ3v) is 7.24. The molecule has 38 heavy (non-hydrogen) atoms. The van der Waals surface area contributed by atoms with Gasteiger partial charge in [0.1, 0.15) is 11.7 Å². The highest BCUT2D eigenvalue weighted by molar-refractivity contribution is 5.71. The molecule has 0 aromatic carbocycles. The van der Waals surface area contributed by atoms with Crippen molar-refractivity contribution in [1.82, 2.24) is 0 Å². The number of carbonyl (C=O) groups is 2. The van der Waals surface area contributed by atoms with E-state index in [1.54, 1.807) is 12.2 Å². The van der Waals surface area contributed by atoms with E-state index in [-0.39, 0.29) is 42.5 Å². The summed E-state index contributed by atoms with van der Waals surface area (Å²) in [5, 5.41) is 31.2. The van der Waals surface area contributed by atoms with Gasteiger partial charge in [0, 0.05) is 18.8 Å². The molecule has 1 saturated heterocycles. The first kappa shape index (κ1) is 32.0. The third kappa shape index (κ3) is 9.80. The topological polar surface area (TPSA) is 126 Å². The molecule has 10 atom stereocenters. The molecule has 2 aliphatic rings. The number of cyclic esters (lactones) is 1. The Kier molecular flexibility index (Phi) is 12.0. The van der Waals surface area contributed by atoms with Crippen molar-refractivity contribution in [3.63, 3.8) is 0 Å². The molecular weight excluding hydrogens is 488 g/mol. The summed E-state index contributed by atoms with van der Waals surface area (Å²) in [7, 11) is 0. The van der Waals surface area contributed by atoms with Crippen LogP contribution in [0.25, 0.3) is 0 Å². The van der Waals surface area contributed by atoms with Crippen molar-refractivity contribution in [1.29, 1.82) is 0 Å². The molecule has 2 heterocycles. The SMILES string of the molecule is CCC(O)C(C)C1OC1CC(C)C=CC=C(C)C1OC(=O)CC(O)C=CC(C)(O)C(OC(C)=O)C=CC1C.